The maximum absolute atomic E-state index is 11.5. The zero-order chi connectivity index (χ0) is 12.1. The number of hydrogen-bond donors (Lipinski definition) is 0. The third-order valence-electron chi connectivity index (χ3n) is 3.51. The fourth-order valence-corrected chi connectivity index (χ4v) is 3.32. The van der Waals surface area contributed by atoms with Gasteiger partial charge < -0.3 is 0 Å². The Kier molecular flexibility index (Phi) is 2.80. The van der Waals surface area contributed by atoms with Crippen LogP contribution in [0.15, 0.2) is 18.2 Å². The minimum Gasteiger partial charge on any atom is -0.300 e. The smallest absolute Gasteiger partial charge is 0.134 e. The second-order valence-electron chi connectivity index (χ2n) is 5.09. The highest BCUT2D eigenvalue weighted by molar-refractivity contribution is 6.34. The van der Waals surface area contributed by atoms with Crippen molar-refractivity contribution in [2.45, 2.75) is 26.7 Å². The summed E-state index contributed by atoms with van der Waals surface area (Å²) in [6.45, 7) is 5.87. The van der Waals surface area contributed by atoms with E-state index in [0.717, 1.165) is 5.56 Å². The van der Waals surface area contributed by atoms with E-state index in [0.29, 0.717) is 10.0 Å². The van der Waals surface area contributed by atoms with Gasteiger partial charge in [0.15, 0.2) is 0 Å². The van der Waals surface area contributed by atoms with Gasteiger partial charge in [0.25, 0.3) is 0 Å². The molecule has 1 aromatic carbocycles. The Labute approximate surface area is 106 Å². The van der Waals surface area contributed by atoms with Gasteiger partial charge in [-0.05, 0) is 36.1 Å². The molecule has 1 aliphatic carbocycles. The molecule has 2 rings (SSSR count). The lowest BCUT2D eigenvalue weighted by molar-refractivity contribution is -0.118. The first kappa shape index (κ1) is 11.9. The van der Waals surface area contributed by atoms with Crippen LogP contribution >= 0.6 is 23.2 Å². The van der Waals surface area contributed by atoms with Gasteiger partial charge in [0, 0.05) is 21.9 Å². The fourth-order valence-electron chi connectivity index (χ4n) is 2.77. The van der Waals surface area contributed by atoms with Gasteiger partial charge in [0.05, 0.1) is 0 Å². The molecule has 0 aliphatic heterocycles. The van der Waals surface area contributed by atoms with Crippen molar-refractivity contribution in [1.29, 1.82) is 0 Å². The molecule has 0 aromatic heterocycles. The van der Waals surface area contributed by atoms with Crippen molar-refractivity contribution in [3.8, 4) is 0 Å². The van der Waals surface area contributed by atoms with E-state index in [1.807, 2.05) is 12.1 Å². The number of Topliss-reactive ketones (excluding diaryl/α,β-unsaturated/α-hetero) is 1. The van der Waals surface area contributed by atoms with E-state index in [-0.39, 0.29) is 23.0 Å². The molecule has 86 valence electrons. The van der Waals surface area contributed by atoms with Crippen LogP contribution in [0.2, 0.25) is 10.0 Å². The first-order chi connectivity index (χ1) is 7.34. The van der Waals surface area contributed by atoms with Gasteiger partial charge in [-0.1, -0.05) is 37.0 Å². The van der Waals surface area contributed by atoms with E-state index in [1.54, 1.807) is 13.0 Å². The lowest BCUT2D eigenvalue weighted by Gasteiger charge is -2.04. The Morgan fingerprint density at radius 1 is 1.19 bits per heavy atom. The molecule has 16 heavy (non-hydrogen) atoms. The lowest BCUT2D eigenvalue weighted by Crippen LogP contribution is -1.99. The second kappa shape index (κ2) is 3.75. The van der Waals surface area contributed by atoms with E-state index in [9.17, 15) is 4.79 Å². The van der Waals surface area contributed by atoms with Crippen molar-refractivity contribution < 1.29 is 4.79 Å². The maximum atomic E-state index is 11.5. The molecule has 0 saturated heterocycles. The van der Waals surface area contributed by atoms with E-state index >= 15 is 0 Å². The molecular weight excluding hydrogens is 243 g/mol. The summed E-state index contributed by atoms with van der Waals surface area (Å²) in [6, 6.07) is 5.52. The summed E-state index contributed by atoms with van der Waals surface area (Å²) >= 11 is 11.9. The summed E-state index contributed by atoms with van der Waals surface area (Å²) in [5, 5.41) is 1.26. The zero-order valence-electron chi connectivity index (χ0n) is 9.55. The molecule has 3 heteroatoms. The molecule has 1 aromatic rings. The SMILES string of the molecule is CC(=O)[C@@H]1[C@@H](c2cc(Cl)cc(Cl)c2)C1(C)C. The number of halogens is 2. The number of rotatable bonds is 2. The van der Waals surface area contributed by atoms with E-state index in [2.05, 4.69) is 13.8 Å². The van der Waals surface area contributed by atoms with Crippen LogP contribution in [0.25, 0.3) is 0 Å². The number of carbonyl (C=O) groups excluding carboxylic acids is 1. The molecule has 0 radical (unpaired) electrons. The quantitative estimate of drug-likeness (QED) is 0.771. The third kappa shape index (κ3) is 1.87. The standard InChI is InChI=1S/C13H14Cl2O/c1-7(16)11-12(13(11,2)3)8-4-9(14)6-10(15)5-8/h4-6,11-12H,1-3H3/t11-,12-/m1/s1. The monoisotopic (exact) mass is 256 g/mol. The van der Waals surface area contributed by atoms with Crippen LogP contribution in [0.5, 0.6) is 0 Å². The van der Waals surface area contributed by atoms with E-state index in [1.165, 1.54) is 0 Å². The van der Waals surface area contributed by atoms with Gasteiger partial charge >= 0.3 is 0 Å². The largest absolute Gasteiger partial charge is 0.300 e. The van der Waals surface area contributed by atoms with Crippen LogP contribution in [-0.4, -0.2) is 5.78 Å². The molecule has 2 atom stereocenters. The Morgan fingerprint density at radius 3 is 2.06 bits per heavy atom. The maximum Gasteiger partial charge on any atom is 0.134 e. The highest BCUT2D eigenvalue weighted by Crippen LogP contribution is 2.64. The van der Waals surface area contributed by atoms with Crippen molar-refractivity contribution in [3.05, 3.63) is 33.8 Å². The van der Waals surface area contributed by atoms with Gasteiger partial charge in [-0.15, -0.1) is 0 Å². The minimum absolute atomic E-state index is 0.0276. The number of benzene rings is 1. The van der Waals surface area contributed by atoms with Gasteiger partial charge in [0.1, 0.15) is 5.78 Å². The molecule has 0 heterocycles. The molecule has 1 aliphatic rings. The Hall–Kier alpha value is -0.530. The molecule has 0 spiro atoms. The topological polar surface area (TPSA) is 17.1 Å². The lowest BCUT2D eigenvalue weighted by atomic mass is 10.0. The molecule has 0 bridgehead atoms. The zero-order valence-corrected chi connectivity index (χ0v) is 11.1. The predicted octanol–water partition coefficient (Wildman–Crippen LogP) is 4.32. The highest BCUT2D eigenvalue weighted by Gasteiger charge is 2.60. The van der Waals surface area contributed by atoms with Crippen LogP contribution in [-0.2, 0) is 4.79 Å². The van der Waals surface area contributed by atoms with Crippen molar-refractivity contribution in [1.82, 2.24) is 0 Å². The van der Waals surface area contributed by atoms with Gasteiger partial charge in [-0.2, -0.15) is 0 Å². The Morgan fingerprint density at radius 2 is 1.69 bits per heavy atom. The van der Waals surface area contributed by atoms with Gasteiger partial charge in [-0.25, -0.2) is 0 Å². The Balaban J connectivity index is 2.37. The summed E-state index contributed by atoms with van der Waals surface area (Å²) in [7, 11) is 0. The molecule has 1 saturated carbocycles. The Bertz CT molecular complexity index is 431. The highest BCUT2D eigenvalue weighted by atomic mass is 35.5. The number of hydrogen-bond acceptors (Lipinski definition) is 1. The molecule has 0 unspecified atom stereocenters. The second-order valence-corrected chi connectivity index (χ2v) is 5.96. The third-order valence-corrected chi connectivity index (χ3v) is 3.95. The van der Waals surface area contributed by atoms with Crippen LogP contribution in [0, 0.1) is 11.3 Å². The average Bonchev–Trinajstić information content (AvgIpc) is 2.67. The van der Waals surface area contributed by atoms with Crippen molar-refractivity contribution >= 4 is 29.0 Å². The number of ketones is 1. The van der Waals surface area contributed by atoms with Gasteiger partial charge in [0.2, 0.25) is 0 Å². The average molecular weight is 257 g/mol. The van der Waals surface area contributed by atoms with Crippen molar-refractivity contribution in [2.24, 2.45) is 11.3 Å². The molecular formula is C13H14Cl2O. The predicted molar refractivity (Wildman–Crippen MR) is 67.2 cm³/mol. The molecule has 1 nitrogen and oxygen atoms in total. The van der Waals surface area contributed by atoms with E-state index < -0.39 is 0 Å². The first-order valence-corrected chi connectivity index (χ1v) is 6.06. The van der Waals surface area contributed by atoms with E-state index in [4.69, 9.17) is 23.2 Å². The minimum atomic E-state index is 0.0276. The summed E-state index contributed by atoms with van der Waals surface area (Å²) in [5.74, 6) is 0.592. The van der Waals surface area contributed by atoms with Gasteiger partial charge in [-0.3, -0.25) is 4.79 Å². The summed E-state index contributed by atoms with van der Waals surface area (Å²) in [5.41, 5.74) is 1.10. The fraction of sp³-hybridized carbons (Fsp3) is 0.462. The van der Waals surface area contributed by atoms with Crippen LogP contribution in [0.3, 0.4) is 0 Å². The molecule has 0 amide bonds. The summed E-state index contributed by atoms with van der Waals surface area (Å²) in [6.07, 6.45) is 0. The first-order valence-electron chi connectivity index (χ1n) is 5.30. The van der Waals surface area contributed by atoms with Crippen molar-refractivity contribution in [3.63, 3.8) is 0 Å². The van der Waals surface area contributed by atoms with Crippen molar-refractivity contribution in [2.75, 3.05) is 0 Å². The molecule has 1 fully saturated rings. The summed E-state index contributed by atoms with van der Waals surface area (Å²) < 4.78 is 0. The summed E-state index contributed by atoms with van der Waals surface area (Å²) in [4.78, 5) is 11.5. The van der Waals surface area contributed by atoms with Crippen LogP contribution < -0.4 is 0 Å². The van der Waals surface area contributed by atoms with Crippen LogP contribution in [0.4, 0.5) is 0 Å². The molecule has 0 N–H and O–H groups in total. The normalized spacial score (nSPS) is 26.6. The van der Waals surface area contributed by atoms with Crippen LogP contribution in [0.1, 0.15) is 32.3 Å². The number of carbonyl (C=O) groups is 1.